The van der Waals surface area contributed by atoms with Crippen LogP contribution in [0.3, 0.4) is 0 Å². The molecule has 0 aliphatic carbocycles. The van der Waals surface area contributed by atoms with Crippen molar-refractivity contribution >= 4 is 11.8 Å². The Labute approximate surface area is 153 Å². The Bertz CT molecular complexity index is 850. The molecule has 7 nitrogen and oxygen atoms in total. The highest BCUT2D eigenvalue weighted by Crippen LogP contribution is 2.20. The van der Waals surface area contributed by atoms with Crippen LogP contribution >= 0.6 is 0 Å². The standard InChI is InChI=1S/C19H23N7/c1-15-5-4-6-20-17(15)21-7-11-25-12-8-22-18(25)16-13-23-19(24-14-16)26-9-2-3-10-26/h4-6,8,12-14H,2-3,7,9-11H2,1H3,(H,20,21). The van der Waals surface area contributed by atoms with Crippen molar-refractivity contribution in [1.29, 1.82) is 0 Å². The molecule has 0 aromatic carbocycles. The summed E-state index contributed by atoms with van der Waals surface area (Å²) in [4.78, 5) is 20.1. The molecule has 1 aliphatic rings. The van der Waals surface area contributed by atoms with Gasteiger partial charge in [-0.25, -0.2) is 19.9 Å². The van der Waals surface area contributed by atoms with E-state index in [0.717, 1.165) is 54.9 Å². The van der Waals surface area contributed by atoms with E-state index in [1.54, 1.807) is 6.20 Å². The summed E-state index contributed by atoms with van der Waals surface area (Å²) in [6.07, 6.45) is 11.8. The number of rotatable bonds is 6. The van der Waals surface area contributed by atoms with E-state index in [4.69, 9.17) is 0 Å². The number of hydrogen-bond donors (Lipinski definition) is 1. The maximum absolute atomic E-state index is 4.53. The van der Waals surface area contributed by atoms with Crippen molar-refractivity contribution in [3.05, 3.63) is 48.7 Å². The molecule has 4 heterocycles. The average molecular weight is 349 g/mol. The number of hydrogen-bond acceptors (Lipinski definition) is 6. The molecule has 4 rings (SSSR count). The van der Waals surface area contributed by atoms with Crippen molar-refractivity contribution in [2.75, 3.05) is 29.9 Å². The summed E-state index contributed by atoms with van der Waals surface area (Å²) in [6.45, 7) is 5.71. The third-order valence-corrected chi connectivity index (χ3v) is 4.66. The van der Waals surface area contributed by atoms with Crippen molar-refractivity contribution < 1.29 is 0 Å². The second kappa shape index (κ2) is 7.51. The van der Waals surface area contributed by atoms with Crippen LogP contribution in [0.2, 0.25) is 0 Å². The van der Waals surface area contributed by atoms with Gasteiger partial charge in [0.1, 0.15) is 11.6 Å². The number of nitrogens with one attached hydrogen (secondary N) is 1. The molecule has 3 aromatic rings. The molecule has 7 heteroatoms. The zero-order chi connectivity index (χ0) is 17.8. The fourth-order valence-corrected chi connectivity index (χ4v) is 3.23. The molecule has 0 radical (unpaired) electrons. The van der Waals surface area contributed by atoms with Crippen LogP contribution in [-0.4, -0.2) is 44.1 Å². The van der Waals surface area contributed by atoms with Crippen LogP contribution in [0.25, 0.3) is 11.4 Å². The lowest BCUT2D eigenvalue weighted by atomic mass is 10.3. The first-order valence-corrected chi connectivity index (χ1v) is 9.05. The minimum Gasteiger partial charge on any atom is -0.368 e. The molecule has 3 aromatic heterocycles. The smallest absolute Gasteiger partial charge is 0.225 e. The molecule has 0 atom stereocenters. The Morgan fingerprint density at radius 2 is 1.85 bits per heavy atom. The maximum atomic E-state index is 4.53. The SMILES string of the molecule is Cc1cccnc1NCCn1ccnc1-c1cnc(N2CCCC2)nc1. The molecule has 1 fully saturated rings. The molecule has 1 saturated heterocycles. The van der Waals surface area contributed by atoms with Crippen LogP contribution in [-0.2, 0) is 6.54 Å². The van der Waals surface area contributed by atoms with Gasteiger partial charge >= 0.3 is 0 Å². The molecule has 0 amide bonds. The van der Waals surface area contributed by atoms with Crippen molar-refractivity contribution in [2.45, 2.75) is 26.3 Å². The quantitative estimate of drug-likeness (QED) is 0.738. The summed E-state index contributed by atoms with van der Waals surface area (Å²) in [6, 6.07) is 4.00. The Morgan fingerprint density at radius 3 is 2.62 bits per heavy atom. The summed E-state index contributed by atoms with van der Waals surface area (Å²) in [5.41, 5.74) is 2.08. The van der Waals surface area contributed by atoms with Crippen LogP contribution in [0, 0.1) is 6.92 Å². The fraction of sp³-hybridized carbons (Fsp3) is 0.368. The third kappa shape index (κ3) is 3.51. The Morgan fingerprint density at radius 1 is 1.04 bits per heavy atom. The van der Waals surface area contributed by atoms with Crippen molar-refractivity contribution in [3.63, 3.8) is 0 Å². The zero-order valence-electron chi connectivity index (χ0n) is 15.0. The highest BCUT2D eigenvalue weighted by molar-refractivity contribution is 5.54. The van der Waals surface area contributed by atoms with Gasteiger partial charge in [-0.1, -0.05) is 6.07 Å². The molecule has 134 valence electrons. The Kier molecular flexibility index (Phi) is 4.77. The van der Waals surface area contributed by atoms with Gasteiger partial charge in [-0.3, -0.25) is 0 Å². The molecule has 26 heavy (non-hydrogen) atoms. The van der Waals surface area contributed by atoms with Crippen molar-refractivity contribution in [1.82, 2.24) is 24.5 Å². The monoisotopic (exact) mass is 349 g/mol. The van der Waals surface area contributed by atoms with Gasteiger partial charge in [0.15, 0.2) is 0 Å². The van der Waals surface area contributed by atoms with E-state index in [9.17, 15) is 0 Å². The molecule has 0 bridgehead atoms. The highest BCUT2D eigenvalue weighted by atomic mass is 15.3. The zero-order valence-corrected chi connectivity index (χ0v) is 15.0. The van der Waals surface area contributed by atoms with Gasteiger partial charge in [0.25, 0.3) is 0 Å². The molecule has 0 unspecified atom stereocenters. The van der Waals surface area contributed by atoms with Crippen LogP contribution in [0.15, 0.2) is 43.1 Å². The number of imidazole rings is 1. The van der Waals surface area contributed by atoms with E-state index >= 15 is 0 Å². The van der Waals surface area contributed by atoms with E-state index in [0.29, 0.717) is 0 Å². The normalized spacial score (nSPS) is 14.0. The summed E-state index contributed by atoms with van der Waals surface area (Å²) in [5.74, 6) is 2.63. The molecular formula is C19H23N7. The van der Waals surface area contributed by atoms with E-state index in [2.05, 4.69) is 47.7 Å². The van der Waals surface area contributed by atoms with Crippen LogP contribution < -0.4 is 10.2 Å². The Hall–Kier alpha value is -2.96. The fourth-order valence-electron chi connectivity index (χ4n) is 3.23. The number of aromatic nitrogens is 5. The summed E-state index contributed by atoms with van der Waals surface area (Å²) < 4.78 is 2.11. The van der Waals surface area contributed by atoms with Crippen molar-refractivity contribution in [3.8, 4) is 11.4 Å². The predicted octanol–water partition coefficient (Wildman–Crippen LogP) is 2.76. The maximum Gasteiger partial charge on any atom is 0.225 e. The van der Waals surface area contributed by atoms with E-state index < -0.39 is 0 Å². The lowest BCUT2D eigenvalue weighted by molar-refractivity contribution is 0.732. The van der Waals surface area contributed by atoms with Crippen LogP contribution in [0.4, 0.5) is 11.8 Å². The lowest BCUT2D eigenvalue weighted by Crippen LogP contribution is -2.20. The first-order chi connectivity index (χ1) is 12.8. The summed E-state index contributed by atoms with van der Waals surface area (Å²) >= 11 is 0. The number of anilines is 2. The minimum absolute atomic E-state index is 0.772. The average Bonchev–Trinajstić information content (AvgIpc) is 3.35. The molecule has 0 spiro atoms. The number of nitrogens with zero attached hydrogens (tertiary/aromatic N) is 6. The summed E-state index contributed by atoms with van der Waals surface area (Å²) in [7, 11) is 0. The van der Waals surface area contributed by atoms with Gasteiger partial charge in [-0.15, -0.1) is 0 Å². The first-order valence-electron chi connectivity index (χ1n) is 9.05. The third-order valence-electron chi connectivity index (χ3n) is 4.66. The highest BCUT2D eigenvalue weighted by Gasteiger charge is 2.15. The largest absolute Gasteiger partial charge is 0.368 e. The number of pyridine rings is 1. The molecular weight excluding hydrogens is 326 g/mol. The van der Waals surface area contributed by atoms with Crippen molar-refractivity contribution in [2.24, 2.45) is 0 Å². The molecule has 0 saturated carbocycles. The van der Waals surface area contributed by atoms with Gasteiger partial charge in [0.2, 0.25) is 5.95 Å². The minimum atomic E-state index is 0.772. The van der Waals surface area contributed by atoms with E-state index in [-0.39, 0.29) is 0 Å². The second-order valence-electron chi connectivity index (χ2n) is 6.51. The van der Waals surface area contributed by atoms with Crippen LogP contribution in [0.1, 0.15) is 18.4 Å². The second-order valence-corrected chi connectivity index (χ2v) is 6.51. The van der Waals surface area contributed by atoms with Gasteiger partial charge in [-0.2, -0.15) is 0 Å². The molecule has 1 aliphatic heterocycles. The predicted molar refractivity (Wildman–Crippen MR) is 102 cm³/mol. The molecule has 1 N–H and O–H groups in total. The van der Waals surface area contributed by atoms with E-state index in [1.807, 2.05) is 30.9 Å². The van der Waals surface area contributed by atoms with Gasteiger partial charge in [0.05, 0.1) is 5.56 Å². The number of aryl methyl sites for hydroxylation is 1. The lowest BCUT2D eigenvalue weighted by Gasteiger charge is -2.15. The first kappa shape index (κ1) is 16.5. The Balaban J connectivity index is 1.42. The van der Waals surface area contributed by atoms with E-state index in [1.165, 1.54) is 12.8 Å². The topological polar surface area (TPSA) is 71.8 Å². The summed E-state index contributed by atoms with van der Waals surface area (Å²) in [5, 5.41) is 3.38. The van der Waals surface area contributed by atoms with Gasteiger partial charge in [-0.05, 0) is 31.4 Å². The van der Waals surface area contributed by atoms with Gasteiger partial charge in [0, 0.05) is 57.2 Å². The van der Waals surface area contributed by atoms with Gasteiger partial charge < -0.3 is 14.8 Å². The van der Waals surface area contributed by atoms with Crippen LogP contribution in [0.5, 0.6) is 0 Å².